The van der Waals surface area contributed by atoms with Crippen molar-refractivity contribution in [3.05, 3.63) is 58.4 Å². The van der Waals surface area contributed by atoms with E-state index in [2.05, 4.69) is 5.10 Å². The Labute approximate surface area is 115 Å². The van der Waals surface area contributed by atoms with Crippen molar-refractivity contribution in [1.29, 1.82) is 0 Å². The van der Waals surface area contributed by atoms with Crippen LogP contribution in [0, 0.1) is 0 Å². The number of nitrogens with one attached hydrogen (secondary N) is 1. The van der Waals surface area contributed by atoms with Crippen LogP contribution in [0.15, 0.2) is 47.3 Å². The summed E-state index contributed by atoms with van der Waals surface area (Å²) in [4.78, 5) is 11.9. The van der Waals surface area contributed by atoms with Crippen molar-refractivity contribution in [2.24, 2.45) is 0 Å². The standard InChI is InChI=1S/C15H15N3O2/c1-20-12-4-2-3-10(7-12)9-18-14-6-5-11(16)8-13(14)15(19)17-18/h2-8H,9,16H2,1H3,(H,17,19). The molecule has 1 aromatic heterocycles. The monoisotopic (exact) mass is 269 g/mol. The Hall–Kier alpha value is -2.69. The maximum Gasteiger partial charge on any atom is 0.272 e. The number of rotatable bonds is 3. The molecule has 3 rings (SSSR count). The van der Waals surface area contributed by atoms with Gasteiger partial charge in [0, 0.05) is 5.69 Å². The summed E-state index contributed by atoms with van der Waals surface area (Å²) in [5.74, 6) is 0.797. The van der Waals surface area contributed by atoms with Gasteiger partial charge in [0.1, 0.15) is 5.75 Å². The number of H-pyrrole nitrogens is 1. The number of hydrogen-bond acceptors (Lipinski definition) is 3. The van der Waals surface area contributed by atoms with Crippen molar-refractivity contribution >= 4 is 16.6 Å². The number of hydrogen-bond donors (Lipinski definition) is 2. The van der Waals surface area contributed by atoms with E-state index in [4.69, 9.17) is 10.5 Å². The number of benzene rings is 2. The van der Waals surface area contributed by atoms with Crippen molar-refractivity contribution in [2.75, 3.05) is 12.8 Å². The Kier molecular flexibility index (Phi) is 2.95. The van der Waals surface area contributed by atoms with Crippen molar-refractivity contribution in [3.63, 3.8) is 0 Å². The predicted molar refractivity (Wildman–Crippen MR) is 79.1 cm³/mol. The zero-order valence-corrected chi connectivity index (χ0v) is 11.1. The lowest BCUT2D eigenvalue weighted by Crippen LogP contribution is -2.06. The zero-order valence-electron chi connectivity index (χ0n) is 11.1. The number of methoxy groups -OCH3 is 1. The quantitative estimate of drug-likeness (QED) is 0.714. The van der Waals surface area contributed by atoms with Gasteiger partial charge in [-0.1, -0.05) is 12.1 Å². The Balaban J connectivity index is 2.04. The minimum absolute atomic E-state index is 0.129. The van der Waals surface area contributed by atoms with Gasteiger partial charge >= 0.3 is 0 Å². The van der Waals surface area contributed by atoms with Gasteiger partial charge in [-0.25, -0.2) is 0 Å². The molecule has 0 amide bonds. The minimum Gasteiger partial charge on any atom is -0.497 e. The summed E-state index contributed by atoms with van der Waals surface area (Å²) >= 11 is 0. The molecule has 0 bridgehead atoms. The molecule has 0 aliphatic carbocycles. The Morgan fingerprint density at radius 2 is 2.10 bits per heavy atom. The number of nitrogens with zero attached hydrogens (tertiary/aromatic N) is 1. The third kappa shape index (κ3) is 2.14. The van der Waals surface area contributed by atoms with E-state index in [0.717, 1.165) is 16.8 Å². The van der Waals surface area contributed by atoms with E-state index < -0.39 is 0 Å². The molecule has 5 heteroatoms. The number of nitrogens with two attached hydrogens (primary N) is 1. The molecule has 0 saturated carbocycles. The van der Waals surface area contributed by atoms with Crippen LogP contribution < -0.4 is 16.0 Å². The molecule has 102 valence electrons. The van der Waals surface area contributed by atoms with Crippen LogP contribution in [0.4, 0.5) is 5.69 Å². The molecule has 0 aliphatic heterocycles. The predicted octanol–water partition coefficient (Wildman–Crippen LogP) is 1.97. The molecule has 20 heavy (non-hydrogen) atoms. The fraction of sp³-hybridized carbons (Fsp3) is 0.133. The van der Waals surface area contributed by atoms with Gasteiger partial charge in [-0.2, -0.15) is 0 Å². The molecule has 0 spiro atoms. The number of anilines is 1. The van der Waals surface area contributed by atoms with Crippen LogP contribution in [-0.2, 0) is 6.54 Å². The minimum atomic E-state index is -0.129. The van der Waals surface area contributed by atoms with Crippen LogP contribution in [0.3, 0.4) is 0 Å². The smallest absolute Gasteiger partial charge is 0.272 e. The highest BCUT2D eigenvalue weighted by atomic mass is 16.5. The Bertz CT molecular complexity index is 817. The van der Waals surface area contributed by atoms with Crippen molar-refractivity contribution in [2.45, 2.75) is 6.54 Å². The summed E-state index contributed by atoms with van der Waals surface area (Å²) in [7, 11) is 1.63. The maximum atomic E-state index is 11.9. The van der Waals surface area contributed by atoms with Gasteiger partial charge in [-0.05, 0) is 35.9 Å². The topological polar surface area (TPSA) is 73.0 Å². The summed E-state index contributed by atoms with van der Waals surface area (Å²) < 4.78 is 7.01. The first-order valence-corrected chi connectivity index (χ1v) is 6.28. The molecule has 0 fully saturated rings. The van der Waals surface area contributed by atoms with E-state index >= 15 is 0 Å². The third-order valence-corrected chi connectivity index (χ3v) is 3.27. The van der Waals surface area contributed by atoms with Gasteiger partial charge in [-0.15, -0.1) is 0 Å². The Morgan fingerprint density at radius 3 is 2.90 bits per heavy atom. The largest absolute Gasteiger partial charge is 0.497 e. The third-order valence-electron chi connectivity index (χ3n) is 3.27. The van der Waals surface area contributed by atoms with E-state index in [1.807, 2.05) is 35.0 Å². The van der Waals surface area contributed by atoms with E-state index in [-0.39, 0.29) is 5.56 Å². The SMILES string of the molecule is COc1cccc(Cn2[nH]c(=O)c3cc(N)ccc32)c1. The van der Waals surface area contributed by atoms with Crippen LogP contribution >= 0.6 is 0 Å². The van der Waals surface area contributed by atoms with Crippen LogP contribution in [0.2, 0.25) is 0 Å². The number of nitrogen functional groups attached to an aromatic ring is 1. The first-order valence-electron chi connectivity index (χ1n) is 6.28. The van der Waals surface area contributed by atoms with Gasteiger partial charge in [0.05, 0.1) is 24.6 Å². The van der Waals surface area contributed by atoms with Crippen molar-refractivity contribution in [3.8, 4) is 5.75 Å². The highest BCUT2D eigenvalue weighted by Crippen LogP contribution is 2.17. The van der Waals surface area contributed by atoms with Crippen LogP contribution in [-0.4, -0.2) is 16.9 Å². The molecule has 0 aliphatic rings. The number of aromatic nitrogens is 2. The lowest BCUT2D eigenvalue weighted by atomic mass is 10.2. The van der Waals surface area contributed by atoms with E-state index in [1.165, 1.54) is 0 Å². The second-order valence-corrected chi connectivity index (χ2v) is 4.66. The number of ether oxygens (including phenoxy) is 1. The first-order chi connectivity index (χ1) is 9.67. The first kappa shape index (κ1) is 12.3. The van der Waals surface area contributed by atoms with Crippen molar-refractivity contribution in [1.82, 2.24) is 9.78 Å². The summed E-state index contributed by atoms with van der Waals surface area (Å²) in [6.45, 7) is 0.569. The fourth-order valence-corrected chi connectivity index (χ4v) is 2.29. The van der Waals surface area contributed by atoms with Gasteiger partial charge in [-0.3, -0.25) is 14.6 Å². The van der Waals surface area contributed by atoms with Crippen LogP contribution in [0.25, 0.3) is 10.9 Å². The van der Waals surface area contributed by atoms with Gasteiger partial charge in [0.15, 0.2) is 0 Å². The highest BCUT2D eigenvalue weighted by Gasteiger charge is 2.07. The molecule has 0 saturated heterocycles. The van der Waals surface area contributed by atoms with Crippen LogP contribution in [0.1, 0.15) is 5.56 Å². The molecule has 0 unspecified atom stereocenters. The number of aromatic amines is 1. The van der Waals surface area contributed by atoms with Gasteiger partial charge in [0.25, 0.3) is 5.56 Å². The highest BCUT2D eigenvalue weighted by molar-refractivity contribution is 5.81. The normalized spacial score (nSPS) is 10.8. The maximum absolute atomic E-state index is 11.9. The lowest BCUT2D eigenvalue weighted by Gasteiger charge is -2.07. The molecular formula is C15H15N3O2. The molecule has 2 aromatic carbocycles. The zero-order chi connectivity index (χ0) is 14.1. The fourth-order valence-electron chi connectivity index (χ4n) is 2.29. The lowest BCUT2D eigenvalue weighted by molar-refractivity contribution is 0.414. The molecule has 3 aromatic rings. The summed E-state index contributed by atoms with van der Waals surface area (Å²) in [5.41, 5.74) is 8.06. The second kappa shape index (κ2) is 4.77. The average molecular weight is 269 g/mol. The molecule has 0 radical (unpaired) electrons. The van der Waals surface area contributed by atoms with Gasteiger partial charge < -0.3 is 10.5 Å². The molecule has 5 nitrogen and oxygen atoms in total. The summed E-state index contributed by atoms with van der Waals surface area (Å²) in [6, 6.07) is 13.1. The van der Waals surface area contributed by atoms with Gasteiger partial charge in [0.2, 0.25) is 0 Å². The molecular weight excluding hydrogens is 254 g/mol. The summed E-state index contributed by atoms with van der Waals surface area (Å²) in [5, 5.41) is 3.44. The van der Waals surface area contributed by atoms with E-state index in [1.54, 1.807) is 19.2 Å². The Morgan fingerprint density at radius 1 is 1.25 bits per heavy atom. The molecule has 0 atom stereocenters. The second-order valence-electron chi connectivity index (χ2n) is 4.66. The average Bonchev–Trinajstić information content (AvgIpc) is 2.75. The number of fused-ring (bicyclic) bond motifs is 1. The van der Waals surface area contributed by atoms with Crippen molar-refractivity contribution < 1.29 is 4.74 Å². The molecule has 3 N–H and O–H groups in total. The summed E-state index contributed by atoms with van der Waals surface area (Å²) in [6.07, 6.45) is 0. The van der Waals surface area contributed by atoms with E-state index in [9.17, 15) is 4.79 Å². The molecule has 1 heterocycles. The van der Waals surface area contributed by atoms with Crippen LogP contribution in [0.5, 0.6) is 5.75 Å². The van der Waals surface area contributed by atoms with E-state index in [0.29, 0.717) is 17.6 Å².